The number of aliphatic imine (C=N–C) groups is 1. The van der Waals surface area contributed by atoms with Crippen molar-refractivity contribution in [2.24, 2.45) is 4.99 Å². The number of ether oxygens (including phenoxy) is 1. The molecule has 2 heterocycles. The predicted molar refractivity (Wildman–Crippen MR) is 93.9 cm³/mol. The molecule has 0 fully saturated rings. The van der Waals surface area contributed by atoms with Crippen LogP contribution in [0, 0.1) is 0 Å². The zero-order valence-corrected chi connectivity index (χ0v) is 15.3. The second-order valence-electron chi connectivity index (χ2n) is 6.13. The molecule has 3 unspecified atom stereocenters. The Morgan fingerprint density at radius 3 is 3.09 bits per heavy atom. The van der Waals surface area contributed by atoms with Crippen molar-refractivity contribution < 1.29 is 9.53 Å². The Hall–Kier alpha value is -1.40. The summed E-state index contributed by atoms with van der Waals surface area (Å²) in [5, 5.41) is 0. The number of nitrogens with zero attached hydrogens (tertiary/aromatic N) is 3. The molecule has 0 N–H and O–H groups in total. The van der Waals surface area contributed by atoms with Crippen LogP contribution in [0.5, 0.6) is 0 Å². The molecule has 0 aromatic rings. The van der Waals surface area contributed by atoms with Crippen molar-refractivity contribution in [2.45, 2.75) is 51.4 Å². The van der Waals surface area contributed by atoms with Crippen molar-refractivity contribution in [3.05, 3.63) is 36.2 Å². The molecule has 0 saturated carbocycles. The van der Waals surface area contributed by atoms with E-state index in [4.69, 9.17) is 9.73 Å². The third-order valence-corrected chi connectivity index (χ3v) is 5.41. The molecule has 3 atom stereocenters. The second-order valence-corrected chi connectivity index (χ2v) is 6.90. The van der Waals surface area contributed by atoms with E-state index < -0.39 is 0 Å². The molecule has 23 heavy (non-hydrogen) atoms. The Balaban J connectivity index is 2.03. The topological polar surface area (TPSA) is 45.1 Å². The first kappa shape index (κ1) is 16.5. The van der Waals surface area contributed by atoms with E-state index in [1.54, 1.807) is 0 Å². The number of rotatable bonds is 4. The Morgan fingerprint density at radius 1 is 1.61 bits per heavy atom. The lowest BCUT2D eigenvalue weighted by atomic mass is 9.79. The number of halogens is 1. The molecular formula is C17H22BrN3O2. The first-order chi connectivity index (χ1) is 11.0. The largest absolute Gasteiger partial charge is 0.462 e. The van der Waals surface area contributed by atoms with Gasteiger partial charge in [-0.3, -0.25) is 18.6 Å². The minimum atomic E-state index is -0.284. The molecule has 1 spiro atoms. The maximum Gasteiger partial charge on any atom is 0.302 e. The van der Waals surface area contributed by atoms with Gasteiger partial charge in [-0.15, -0.1) is 0 Å². The second kappa shape index (κ2) is 6.24. The standard InChI is InChI=1S/C17H22BrN3O2/c1-4-12(2)21-16(11-23-13(3)22)19-14-7-5-8-15-17(14,21)9-6-10-20(15)18/h5-8,10,12,16H,4,9,11H2,1-3H3. The van der Waals surface area contributed by atoms with Gasteiger partial charge in [0.1, 0.15) is 18.3 Å². The van der Waals surface area contributed by atoms with Crippen LogP contribution in [0.2, 0.25) is 0 Å². The van der Waals surface area contributed by atoms with Crippen molar-refractivity contribution in [1.29, 1.82) is 0 Å². The quantitative estimate of drug-likeness (QED) is 0.555. The average Bonchev–Trinajstić information content (AvgIpc) is 2.85. The van der Waals surface area contributed by atoms with Gasteiger partial charge in [-0.1, -0.05) is 19.1 Å². The summed E-state index contributed by atoms with van der Waals surface area (Å²) in [7, 11) is 0. The van der Waals surface area contributed by atoms with E-state index >= 15 is 0 Å². The van der Waals surface area contributed by atoms with E-state index in [0.29, 0.717) is 6.04 Å². The van der Waals surface area contributed by atoms with E-state index in [-0.39, 0.29) is 24.3 Å². The van der Waals surface area contributed by atoms with Crippen LogP contribution >= 0.6 is 16.1 Å². The highest BCUT2D eigenvalue weighted by atomic mass is 79.9. The van der Waals surface area contributed by atoms with Crippen molar-refractivity contribution in [3.8, 4) is 0 Å². The van der Waals surface area contributed by atoms with E-state index in [2.05, 4.69) is 53.1 Å². The lowest BCUT2D eigenvalue weighted by Gasteiger charge is -2.48. The van der Waals surface area contributed by atoms with Crippen LogP contribution in [-0.2, 0) is 9.53 Å². The molecule has 0 amide bonds. The van der Waals surface area contributed by atoms with Gasteiger partial charge in [0.15, 0.2) is 0 Å². The van der Waals surface area contributed by atoms with Gasteiger partial charge in [-0.2, -0.15) is 0 Å². The third-order valence-electron chi connectivity index (χ3n) is 4.79. The van der Waals surface area contributed by atoms with Gasteiger partial charge in [-0.25, -0.2) is 0 Å². The number of hydrogen-bond donors (Lipinski definition) is 0. The first-order valence-corrected chi connectivity index (χ1v) is 8.72. The Bertz CT molecular complexity index is 625. The minimum absolute atomic E-state index is 0.151. The summed E-state index contributed by atoms with van der Waals surface area (Å²) in [6, 6.07) is 0.319. The van der Waals surface area contributed by atoms with Crippen LogP contribution < -0.4 is 0 Å². The van der Waals surface area contributed by atoms with Gasteiger partial charge in [0.05, 0.1) is 27.6 Å². The van der Waals surface area contributed by atoms with Crippen LogP contribution in [0.3, 0.4) is 0 Å². The van der Waals surface area contributed by atoms with Crippen LogP contribution in [0.15, 0.2) is 41.2 Å². The molecule has 0 saturated heterocycles. The van der Waals surface area contributed by atoms with E-state index in [9.17, 15) is 4.79 Å². The normalized spacial score (nSPS) is 30.4. The highest BCUT2D eigenvalue weighted by Crippen LogP contribution is 2.46. The summed E-state index contributed by atoms with van der Waals surface area (Å²) in [6.07, 6.45) is 12.1. The zero-order chi connectivity index (χ0) is 16.6. The van der Waals surface area contributed by atoms with Gasteiger partial charge in [0.25, 0.3) is 0 Å². The van der Waals surface area contributed by atoms with Gasteiger partial charge < -0.3 is 4.74 Å². The van der Waals surface area contributed by atoms with Crippen LogP contribution in [0.4, 0.5) is 0 Å². The molecule has 0 bridgehead atoms. The third kappa shape index (κ3) is 2.58. The lowest BCUT2D eigenvalue weighted by Crippen LogP contribution is -2.60. The monoisotopic (exact) mass is 379 g/mol. The Morgan fingerprint density at radius 2 is 2.39 bits per heavy atom. The van der Waals surface area contributed by atoms with Crippen LogP contribution in [0.25, 0.3) is 0 Å². The Kier molecular flexibility index (Phi) is 4.47. The summed E-state index contributed by atoms with van der Waals surface area (Å²) in [6.45, 7) is 6.11. The predicted octanol–water partition coefficient (Wildman–Crippen LogP) is 3.15. The molecule has 0 radical (unpaired) electrons. The Labute approximate surface area is 145 Å². The van der Waals surface area contributed by atoms with Gasteiger partial charge in [0, 0.05) is 19.2 Å². The minimum Gasteiger partial charge on any atom is -0.462 e. The number of carbonyl (C=O) groups is 1. The fourth-order valence-corrected chi connectivity index (χ4v) is 4.24. The average molecular weight is 380 g/mol. The molecule has 2 aliphatic heterocycles. The van der Waals surface area contributed by atoms with Gasteiger partial charge in [-0.05, 0) is 31.9 Å². The van der Waals surface area contributed by atoms with E-state index in [1.807, 2.05) is 16.2 Å². The molecule has 0 aromatic carbocycles. The van der Waals surface area contributed by atoms with Crippen molar-refractivity contribution in [2.75, 3.05) is 6.61 Å². The number of allylic oxidation sites excluding steroid dienone is 2. The zero-order valence-electron chi connectivity index (χ0n) is 13.7. The van der Waals surface area contributed by atoms with Gasteiger partial charge in [0.2, 0.25) is 0 Å². The van der Waals surface area contributed by atoms with Crippen LogP contribution in [0.1, 0.15) is 33.6 Å². The molecule has 0 aromatic heterocycles. The molecule has 1 aliphatic carbocycles. The van der Waals surface area contributed by atoms with Crippen molar-refractivity contribution in [3.63, 3.8) is 0 Å². The molecule has 3 rings (SSSR count). The summed E-state index contributed by atoms with van der Waals surface area (Å²) in [4.78, 5) is 18.6. The number of hydrogen-bond acceptors (Lipinski definition) is 5. The highest BCUT2D eigenvalue weighted by Gasteiger charge is 2.55. The molecule has 124 valence electrons. The van der Waals surface area contributed by atoms with E-state index in [1.165, 1.54) is 6.92 Å². The fraction of sp³-hybridized carbons (Fsp3) is 0.529. The van der Waals surface area contributed by atoms with Crippen molar-refractivity contribution >= 4 is 27.8 Å². The van der Waals surface area contributed by atoms with E-state index in [0.717, 1.165) is 24.3 Å². The van der Waals surface area contributed by atoms with Crippen molar-refractivity contribution in [1.82, 2.24) is 8.83 Å². The smallest absolute Gasteiger partial charge is 0.302 e. The maximum atomic E-state index is 11.3. The van der Waals surface area contributed by atoms with Gasteiger partial charge >= 0.3 is 5.97 Å². The highest BCUT2D eigenvalue weighted by molar-refractivity contribution is 9.07. The molecule has 3 aliphatic rings. The summed E-state index contributed by atoms with van der Waals surface area (Å²) < 4.78 is 7.27. The fourth-order valence-electron chi connectivity index (χ4n) is 3.66. The summed E-state index contributed by atoms with van der Waals surface area (Å²) in [5.41, 5.74) is 1.92. The molecule has 6 heteroatoms. The molecule has 5 nitrogen and oxygen atoms in total. The molecular weight excluding hydrogens is 358 g/mol. The SMILES string of the molecule is CCC(C)N1C(COC(C)=O)N=C2C=CC=C3N(Br)C=CCC321. The van der Waals surface area contributed by atoms with Crippen LogP contribution in [-0.4, -0.2) is 44.9 Å². The lowest BCUT2D eigenvalue weighted by molar-refractivity contribution is -0.143. The number of carbonyl (C=O) groups excluding carboxylic acids is 1. The maximum absolute atomic E-state index is 11.3. The summed E-state index contributed by atoms with van der Waals surface area (Å²) >= 11 is 3.62. The number of esters is 1. The summed E-state index contributed by atoms with van der Waals surface area (Å²) in [5.74, 6) is -0.265. The first-order valence-electron chi connectivity index (χ1n) is 8.01.